The van der Waals surface area contributed by atoms with Crippen molar-refractivity contribution in [2.24, 2.45) is 0 Å². The number of methoxy groups -OCH3 is 1. The number of hydrogen-bond donors (Lipinski definition) is 3. The third-order valence-electron chi connectivity index (χ3n) is 2.93. The normalized spacial score (nSPS) is 12.9. The van der Waals surface area contributed by atoms with Crippen LogP contribution in [-0.2, 0) is 4.57 Å². The number of pyridine rings is 1. The van der Waals surface area contributed by atoms with Crippen LogP contribution in [-0.4, -0.2) is 28.2 Å². The molecular formula is C14H17N2O4P. The number of rotatable bonds is 6. The van der Waals surface area contributed by atoms with E-state index in [1.54, 1.807) is 31.5 Å². The van der Waals surface area contributed by atoms with Gasteiger partial charge in [0.1, 0.15) is 5.75 Å². The van der Waals surface area contributed by atoms with E-state index in [9.17, 15) is 4.57 Å². The summed E-state index contributed by atoms with van der Waals surface area (Å²) in [5.41, 5.74) is 1.54. The molecule has 21 heavy (non-hydrogen) atoms. The van der Waals surface area contributed by atoms with Gasteiger partial charge in [-0.1, -0.05) is 18.2 Å². The Kier molecular flexibility index (Phi) is 5.09. The lowest BCUT2D eigenvalue weighted by atomic mass is 10.0. The highest BCUT2D eigenvalue weighted by Crippen LogP contribution is 2.34. The average molecular weight is 308 g/mol. The molecule has 7 heteroatoms. The van der Waals surface area contributed by atoms with Crippen LogP contribution in [0.3, 0.4) is 0 Å². The lowest BCUT2D eigenvalue weighted by molar-refractivity contribution is 0.365. The van der Waals surface area contributed by atoms with E-state index in [2.05, 4.69) is 10.3 Å². The highest BCUT2D eigenvalue weighted by atomic mass is 31.2. The maximum Gasteiger partial charge on any atom is 0.339 e. The third-order valence-corrected chi connectivity index (χ3v) is 3.53. The van der Waals surface area contributed by atoms with Crippen LogP contribution in [0.2, 0.25) is 0 Å². The number of nitrogens with zero attached hydrogens (tertiary/aromatic N) is 1. The van der Waals surface area contributed by atoms with Crippen molar-refractivity contribution in [3.05, 3.63) is 59.9 Å². The average Bonchev–Trinajstić information content (AvgIpc) is 2.48. The molecule has 112 valence electrons. The van der Waals surface area contributed by atoms with Gasteiger partial charge in [0.2, 0.25) is 0 Å². The van der Waals surface area contributed by atoms with E-state index in [0.29, 0.717) is 11.4 Å². The predicted molar refractivity (Wildman–Crippen MR) is 79.1 cm³/mol. The summed E-state index contributed by atoms with van der Waals surface area (Å²) < 4.78 is 16.2. The Morgan fingerprint density at radius 3 is 2.48 bits per heavy atom. The standard InChI is InChI=1S/C14H17N2O4P/c1-20-12-7-5-11(6-8-12)14(16-10-21(17,18)19)13-4-2-3-9-15-13/h2-9,14,16H,10H2,1H3,(H2,17,18,19). The zero-order chi connectivity index (χ0) is 15.3. The Balaban J connectivity index is 2.28. The number of nitrogens with one attached hydrogen (secondary N) is 1. The van der Waals surface area contributed by atoms with Crippen molar-refractivity contribution < 1.29 is 19.1 Å². The first kappa shape index (κ1) is 15.7. The molecule has 1 atom stereocenters. The van der Waals surface area contributed by atoms with Gasteiger partial charge in [0.05, 0.1) is 25.1 Å². The van der Waals surface area contributed by atoms with Gasteiger partial charge in [-0.3, -0.25) is 14.9 Å². The van der Waals surface area contributed by atoms with Crippen LogP contribution < -0.4 is 10.1 Å². The van der Waals surface area contributed by atoms with Gasteiger partial charge in [-0.2, -0.15) is 0 Å². The molecule has 2 rings (SSSR count). The predicted octanol–water partition coefficient (Wildman–Crippen LogP) is 1.90. The molecule has 1 unspecified atom stereocenters. The lowest BCUT2D eigenvalue weighted by Gasteiger charge is -2.19. The molecule has 0 bridgehead atoms. The number of benzene rings is 1. The summed E-state index contributed by atoms with van der Waals surface area (Å²) in [5, 5.41) is 2.86. The third kappa shape index (κ3) is 4.65. The first-order chi connectivity index (χ1) is 9.99. The zero-order valence-electron chi connectivity index (χ0n) is 11.5. The van der Waals surface area contributed by atoms with Gasteiger partial charge in [-0.25, -0.2) is 0 Å². The quantitative estimate of drug-likeness (QED) is 0.706. The maximum absolute atomic E-state index is 11.1. The van der Waals surface area contributed by atoms with Crippen molar-refractivity contribution >= 4 is 7.60 Å². The molecule has 6 nitrogen and oxygen atoms in total. The fourth-order valence-corrected chi connectivity index (χ4v) is 2.37. The summed E-state index contributed by atoms with van der Waals surface area (Å²) in [5.74, 6) is 0.716. The zero-order valence-corrected chi connectivity index (χ0v) is 12.4. The van der Waals surface area contributed by atoms with Crippen LogP contribution in [0.4, 0.5) is 0 Å². The summed E-state index contributed by atoms with van der Waals surface area (Å²) in [6, 6.07) is 12.3. The fourth-order valence-electron chi connectivity index (χ4n) is 1.95. The summed E-state index contributed by atoms with van der Waals surface area (Å²) >= 11 is 0. The summed E-state index contributed by atoms with van der Waals surface area (Å²) in [4.78, 5) is 22.4. The van der Waals surface area contributed by atoms with Crippen molar-refractivity contribution in [1.82, 2.24) is 10.3 Å². The first-order valence-corrected chi connectivity index (χ1v) is 8.12. The van der Waals surface area contributed by atoms with Crippen molar-refractivity contribution in [1.29, 1.82) is 0 Å². The van der Waals surface area contributed by atoms with Gasteiger partial charge >= 0.3 is 7.60 Å². The highest BCUT2D eigenvalue weighted by Gasteiger charge is 2.20. The van der Waals surface area contributed by atoms with E-state index in [4.69, 9.17) is 14.5 Å². The minimum Gasteiger partial charge on any atom is -0.497 e. The molecule has 0 aliphatic heterocycles. The van der Waals surface area contributed by atoms with Gasteiger partial charge in [-0.15, -0.1) is 0 Å². The van der Waals surface area contributed by atoms with E-state index in [1.807, 2.05) is 24.3 Å². The molecule has 1 aromatic carbocycles. The molecule has 2 aromatic rings. The van der Waals surface area contributed by atoms with E-state index in [-0.39, 0.29) is 0 Å². The van der Waals surface area contributed by atoms with Crippen molar-refractivity contribution in [3.8, 4) is 5.75 Å². The topological polar surface area (TPSA) is 91.7 Å². The Morgan fingerprint density at radius 1 is 1.24 bits per heavy atom. The molecule has 1 aromatic heterocycles. The van der Waals surface area contributed by atoms with Crippen LogP contribution in [0.15, 0.2) is 48.7 Å². The SMILES string of the molecule is COc1ccc(C(NCP(=O)(O)O)c2ccccn2)cc1. The Morgan fingerprint density at radius 2 is 1.95 bits per heavy atom. The Hall–Kier alpha value is -1.72. The Bertz CT molecular complexity index is 613. The molecule has 0 aliphatic rings. The number of aromatic nitrogens is 1. The fraction of sp³-hybridized carbons (Fsp3) is 0.214. The van der Waals surface area contributed by atoms with Crippen molar-refractivity contribution in [2.45, 2.75) is 6.04 Å². The minimum absolute atomic E-state index is 0.398. The van der Waals surface area contributed by atoms with E-state index in [0.717, 1.165) is 5.56 Å². The summed E-state index contributed by atoms with van der Waals surface area (Å²) in [7, 11) is -2.56. The largest absolute Gasteiger partial charge is 0.497 e. The molecule has 3 N–H and O–H groups in total. The molecule has 0 saturated carbocycles. The number of hydrogen-bond acceptors (Lipinski definition) is 4. The van der Waals surface area contributed by atoms with Crippen LogP contribution >= 0.6 is 7.60 Å². The second-order valence-corrected chi connectivity index (χ2v) is 6.13. The molecule has 0 spiro atoms. The molecule has 0 fully saturated rings. The van der Waals surface area contributed by atoms with Crippen LogP contribution in [0, 0.1) is 0 Å². The van der Waals surface area contributed by atoms with Crippen LogP contribution in [0.5, 0.6) is 5.75 Å². The lowest BCUT2D eigenvalue weighted by Crippen LogP contribution is -2.24. The second-order valence-electron chi connectivity index (χ2n) is 4.49. The molecule has 0 saturated heterocycles. The van der Waals surface area contributed by atoms with Crippen molar-refractivity contribution in [3.63, 3.8) is 0 Å². The van der Waals surface area contributed by atoms with Gasteiger partial charge in [0, 0.05) is 6.20 Å². The second kappa shape index (κ2) is 6.83. The van der Waals surface area contributed by atoms with E-state index < -0.39 is 19.9 Å². The molecule has 0 radical (unpaired) electrons. The molecule has 0 aliphatic carbocycles. The highest BCUT2D eigenvalue weighted by molar-refractivity contribution is 7.51. The molecule has 1 heterocycles. The van der Waals surface area contributed by atoms with Crippen LogP contribution in [0.1, 0.15) is 17.3 Å². The minimum atomic E-state index is -4.14. The van der Waals surface area contributed by atoms with Gasteiger partial charge in [-0.05, 0) is 29.8 Å². The monoisotopic (exact) mass is 308 g/mol. The molecule has 0 amide bonds. The van der Waals surface area contributed by atoms with E-state index in [1.165, 1.54) is 0 Å². The summed E-state index contributed by atoms with van der Waals surface area (Å²) in [6.07, 6.45) is 1.23. The van der Waals surface area contributed by atoms with Gasteiger partial charge in [0.15, 0.2) is 0 Å². The Labute approximate surface area is 123 Å². The maximum atomic E-state index is 11.1. The first-order valence-electron chi connectivity index (χ1n) is 6.32. The number of ether oxygens (including phenoxy) is 1. The van der Waals surface area contributed by atoms with Crippen LogP contribution in [0.25, 0.3) is 0 Å². The smallest absolute Gasteiger partial charge is 0.339 e. The molecular weight excluding hydrogens is 291 g/mol. The summed E-state index contributed by atoms with van der Waals surface area (Å²) in [6.45, 7) is 0. The van der Waals surface area contributed by atoms with E-state index >= 15 is 0 Å². The van der Waals surface area contributed by atoms with Gasteiger partial charge in [0.25, 0.3) is 0 Å². The van der Waals surface area contributed by atoms with Gasteiger partial charge < -0.3 is 14.5 Å². The van der Waals surface area contributed by atoms with Crippen molar-refractivity contribution in [2.75, 3.05) is 13.4 Å².